The normalized spacial score (nSPS) is 18.0. The van der Waals surface area contributed by atoms with E-state index in [9.17, 15) is 12.8 Å². The number of aliphatic hydroxyl groups is 1. The first-order chi connectivity index (χ1) is 9.95. The molecule has 8 heteroatoms. The molecule has 0 radical (unpaired) electrons. The Kier molecular flexibility index (Phi) is 5.15. The highest BCUT2D eigenvalue weighted by molar-refractivity contribution is 7.89. The zero-order valence-corrected chi connectivity index (χ0v) is 12.4. The lowest BCUT2D eigenvalue weighted by Gasteiger charge is -2.31. The quantitative estimate of drug-likeness (QED) is 0.774. The minimum atomic E-state index is -3.66. The summed E-state index contributed by atoms with van der Waals surface area (Å²) in [7, 11) is -3.66. The van der Waals surface area contributed by atoms with Gasteiger partial charge in [0.25, 0.3) is 0 Å². The number of benzene rings is 1. The van der Waals surface area contributed by atoms with Crippen LogP contribution in [-0.4, -0.2) is 50.2 Å². The van der Waals surface area contributed by atoms with Crippen LogP contribution in [0.1, 0.15) is 12.8 Å². The SMILES string of the molecule is Nc1cc(S(=O)(=O)N2CCC(OCCO)CC2)ccc1F. The molecule has 3 N–H and O–H groups in total. The zero-order valence-electron chi connectivity index (χ0n) is 11.5. The molecule has 1 fully saturated rings. The number of ether oxygens (including phenoxy) is 1. The monoisotopic (exact) mass is 318 g/mol. The van der Waals surface area contributed by atoms with Crippen molar-refractivity contribution in [2.24, 2.45) is 0 Å². The van der Waals surface area contributed by atoms with Crippen LogP contribution >= 0.6 is 0 Å². The Morgan fingerprint density at radius 2 is 2.05 bits per heavy atom. The number of rotatable bonds is 5. The van der Waals surface area contributed by atoms with E-state index in [4.69, 9.17) is 15.6 Å². The fourth-order valence-corrected chi connectivity index (χ4v) is 3.80. The minimum Gasteiger partial charge on any atom is -0.396 e. The molecule has 1 aliphatic heterocycles. The van der Waals surface area contributed by atoms with Crippen LogP contribution < -0.4 is 5.73 Å². The van der Waals surface area contributed by atoms with Gasteiger partial charge in [-0.2, -0.15) is 4.31 Å². The van der Waals surface area contributed by atoms with Crippen LogP contribution in [-0.2, 0) is 14.8 Å². The second-order valence-corrected chi connectivity index (χ2v) is 6.82. The molecule has 1 heterocycles. The second-order valence-electron chi connectivity index (χ2n) is 4.88. The number of aliphatic hydroxyl groups excluding tert-OH is 1. The van der Waals surface area contributed by atoms with Gasteiger partial charge in [0.2, 0.25) is 10.0 Å². The molecular formula is C13H19FN2O4S. The summed E-state index contributed by atoms with van der Waals surface area (Å²) in [5.74, 6) is -0.634. The van der Waals surface area contributed by atoms with E-state index < -0.39 is 15.8 Å². The van der Waals surface area contributed by atoms with Crippen molar-refractivity contribution in [3.8, 4) is 0 Å². The number of piperidine rings is 1. The minimum absolute atomic E-state index is 0.00359. The van der Waals surface area contributed by atoms with Crippen LogP contribution in [0.15, 0.2) is 23.1 Å². The number of nitrogens with zero attached hydrogens (tertiary/aromatic N) is 1. The highest BCUT2D eigenvalue weighted by atomic mass is 32.2. The molecule has 0 bridgehead atoms. The third-order valence-corrected chi connectivity index (χ3v) is 5.35. The summed E-state index contributed by atoms with van der Waals surface area (Å²) < 4.78 is 44.7. The molecule has 0 aliphatic carbocycles. The van der Waals surface area contributed by atoms with Gasteiger partial charge >= 0.3 is 0 Å². The zero-order chi connectivity index (χ0) is 15.5. The predicted molar refractivity (Wildman–Crippen MR) is 75.6 cm³/mol. The van der Waals surface area contributed by atoms with Gasteiger partial charge in [-0.3, -0.25) is 0 Å². The van der Waals surface area contributed by atoms with Crippen molar-refractivity contribution in [1.82, 2.24) is 4.31 Å². The van der Waals surface area contributed by atoms with E-state index in [-0.39, 0.29) is 29.9 Å². The number of anilines is 1. The smallest absolute Gasteiger partial charge is 0.243 e. The molecule has 0 amide bonds. The molecule has 0 aromatic heterocycles. The van der Waals surface area contributed by atoms with Crippen molar-refractivity contribution in [3.05, 3.63) is 24.0 Å². The van der Waals surface area contributed by atoms with Crippen molar-refractivity contribution >= 4 is 15.7 Å². The predicted octanol–water partition coefficient (Wildman–Crippen LogP) is 0.570. The first-order valence-corrected chi connectivity index (χ1v) is 8.17. The molecule has 0 spiro atoms. The van der Waals surface area contributed by atoms with Crippen LogP contribution in [0.5, 0.6) is 0 Å². The Morgan fingerprint density at radius 1 is 1.38 bits per heavy atom. The van der Waals surface area contributed by atoms with Crippen LogP contribution in [0.4, 0.5) is 10.1 Å². The van der Waals surface area contributed by atoms with Crippen LogP contribution in [0.2, 0.25) is 0 Å². The summed E-state index contributed by atoms with van der Waals surface area (Å²) in [5.41, 5.74) is 5.24. The highest BCUT2D eigenvalue weighted by Gasteiger charge is 2.30. The molecule has 0 atom stereocenters. The molecule has 2 rings (SSSR count). The standard InChI is InChI=1S/C13H19FN2O4S/c14-12-2-1-11(9-13(12)15)21(18,19)16-5-3-10(4-6-16)20-8-7-17/h1-2,9-10,17H,3-8,15H2. The van der Waals surface area contributed by atoms with E-state index >= 15 is 0 Å². The van der Waals surface area contributed by atoms with E-state index in [2.05, 4.69) is 0 Å². The third kappa shape index (κ3) is 3.70. The molecule has 1 aliphatic rings. The van der Waals surface area contributed by atoms with Crippen LogP contribution in [0, 0.1) is 5.82 Å². The van der Waals surface area contributed by atoms with Gasteiger partial charge in [0, 0.05) is 13.1 Å². The summed E-state index contributed by atoms with van der Waals surface area (Å²) in [6.45, 7) is 0.866. The van der Waals surface area contributed by atoms with Gasteiger partial charge < -0.3 is 15.6 Å². The maximum absolute atomic E-state index is 13.1. The van der Waals surface area contributed by atoms with Gasteiger partial charge in [-0.1, -0.05) is 0 Å². The topological polar surface area (TPSA) is 92.9 Å². The van der Waals surface area contributed by atoms with Crippen LogP contribution in [0.3, 0.4) is 0 Å². The molecular weight excluding hydrogens is 299 g/mol. The molecule has 0 unspecified atom stereocenters. The van der Waals surface area contributed by atoms with Gasteiger partial charge in [0.15, 0.2) is 0 Å². The van der Waals surface area contributed by atoms with E-state index in [1.165, 1.54) is 10.4 Å². The Hall–Kier alpha value is -1.22. The summed E-state index contributed by atoms with van der Waals surface area (Å²) >= 11 is 0. The van der Waals surface area contributed by atoms with Gasteiger partial charge in [0.1, 0.15) is 5.82 Å². The van der Waals surface area contributed by atoms with Crippen molar-refractivity contribution in [2.75, 3.05) is 32.0 Å². The number of nitrogen functional groups attached to an aromatic ring is 1. The number of hydrogen-bond acceptors (Lipinski definition) is 5. The van der Waals surface area contributed by atoms with Crippen LogP contribution in [0.25, 0.3) is 0 Å². The molecule has 1 aromatic carbocycles. The largest absolute Gasteiger partial charge is 0.396 e. The average molecular weight is 318 g/mol. The first kappa shape index (κ1) is 16.2. The molecule has 21 heavy (non-hydrogen) atoms. The highest BCUT2D eigenvalue weighted by Crippen LogP contribution is 2.24. The van der Waals surface area contributed by atoms with E-state index in [1.54, 1.807) is 0 Å². The van der Waals surface area contributed by atoms with Gasteiger partial charge in [-0.05, 0) is 31.0 Å². The first-order valence-electron chi connectivity index (χ1n) is 6.73. The molecule has 1 saturated heterocycles. The number of halogens is 1. The number of hydrogen-bond donors (Lipinski definition) is 2. The lowest BCUT2D eigenvalue weighted by atomic mass is 10.1. The third-order valence-electron chi connectivity index (χ3n) is 3.45. The maximum atomic E-state index is 13.1. The van der Waals surface area contributed by atoms with E-state index in [0.29, 0.717) is 25.9 Å². The molecule has 0 saturated carbocycles. The van der Waals surface area contributed by atoms with Gasteiger partial charge in [-0.25, -0.2) is 12.8 Å². The fourth-order valence-electron chi connectivity index (χ4n) is 2.29. The van der Waals surface area contributed by atoms with E-state index in [0.717, 1.165) is 12.1 Å². The van der Waals surface area contributed by atoms with Crippen molar-refractivity contribution in [2.45, 2.75) is 23.8 Å². The summed E-state index contributed by atoms with van der Waals surface area (Å²) in [5, 5.41) is 8.70. The van der Waals surface area contributed by atoms with Crippen molar-refractivity contribution < 1.29 is 22.7 Å². The second kappa shape index (κ2) is 6.69. The summed E-state index contributed by atoms with van der Waals surface area (Å²) in [6.07, 6.45) is 1.09. The molecule has 6 nitrogen and oxygen atoms in total. The number of nitrogens with two attached hydrogens (primary N) is 1. The molecule has 1 aromatic rings. The van der Waals surface area contributed by atoms with Gasteiger partial charge in [0.05, 0.1) is 29.9 Å². The summed E-state index contributed by atoms with van der Waals surface area (Å²) in [6, 6.07) is 3.41. The fraction of sp³-hybridized carbons (Fsp3) is 0.538. The average Bonchev–Trinajstić information content (AvgIpc) is 2.48. The Bertz CT molecular complexity index is 586. The van der Waals surface area contributed by atoms with Crippen molar-refractivity contribution in [3.63, 3.8) is 0 Å². The lowest BCUT2D eigenvalue weighted by Crippen LogP contribution is -2.41. The maximum Gasteiger partial charge on any atom is 0.243 e. The Balaban J connectivity index is 2.06. The number of sulfonamides is 1. The summed E-state index contributed by atoms with van der Waals surface area (Å²) in [4.78, 5) is -0.00359. The van der Waals surface area contributed by atoms with Gasteiger partial charge in [-0.15, -0.1) is 0 Å². The van der Waals surface area contributed by atoms with Crippen molar-refractivity contribution in [1.29, 1.82) is 0 Å². The van der Waals surface area contributed by atoms with E-state index in [1.807, 2.05) is 0 Å². The Morgan fingerprint density at radius 3 is 2.62 bits per heavy atom. The lowest BCUT2D eigenvalue weighted by molar-refractivity contribution is 0.00318. The molecule has 118 valence electrons. The Labute approximate surface area is 123 Å².